The lowest BCUT2D eigenvalue weighted by molar-refractivity contribution is -0.137. The normalized spacial score (nSPS) is 11.7. The van der Waals surface area contributed by atoms with Crippen molar-refractivity contribution in [1.29, 1.82) is 0 Å². The summed E-state index contributed by atoms with van der Waals surface area (Å²) in [5.41, 5.74) is 3.82. The second-order valence-corrected chi connectivity index (χ2v) is 11.9. The third-order valence-corrected chi connectivity index (χ3v) is 8.97. The van der Waals surface area contributed by atoms with Gasteiger partial charge < -0.3 is 9.80 Å². The molecule has 4 rings (SSSR count). The predicted octanol–water partition coefficient (Wildman–Crippen LogP) is 6.86. The number of hydrogen-bond acceptors (Lipinski definition) is 6. The van der Waals surface area contributed by atoms with E-state index in [1.54, 1.807) is 9.58 Å². The molecule has 1 heterocycles. The van der Waals surface area contributed by atoms with Gasteiger partial charge in [-0.2, -0.15) is 23.3 Å². The Morgan fingerprint density at radius 3 is 2.11 bits per heavy atom. The Balaban J connectivity index is 1.55. The van der Waals surface area contributed by atoms with Gasteiger partial charge in [0.15, 0.2) is 5.16 Å². The van der Waals surface area contributed by atoms with E-state index < -0.39 is 11.7 Å². The molecule has 0 N–H and O–H groups in total. The van der Waals surface area contributed by atoms with Crippen molar-refractivity contribution in [3.63, 3.8) is 0 Å². The van der Waals surface area contributed by atoms with Crippen LogP contribution in [0.5, 0.6) is 0 Å². The van der Waals surface area contributed by atoms with Gasteiger partial charge in [-0.3, -0.25) is 9.59 Å². The second kappa shape index (κ2) is 16.0. The number of aromatic nitrogens is 3. The van der Waals surface area contributed by atoms with E-state index in [-0.39, 0.29) is 18.0 Å². The summed E-state index contributed by atoms with van der Waals surface area (Å²) in [4.78, 5) is 34.9. The number of rotatable bonds is 14. The van der Waals surface area contributed by atoms with Crippen molar-refractivity contribution in [2.45, 2.75) is 64.3 Å². The number of amides is 1. The number of benzene rings is 3. The second-order valence-electron chi connectivity index (χ2n) is 11.0. The summed E-state index contributed by atoms with van der Waals surface area (Å²) in [7, 11) is 0. The number of carbonyl (C=O) groups excluding carboxylic acids is 1. The van der Waals surface area contributed by atoms with Crippen LogP contribution in [-0.4, -0.2) is 56.7 Å². The first kappa shape index (κ1) is 34.9. The number of hydrogen-bond donors (Lipinski definition) is 0. The van der Waals surface area contributed by atoms with E-state index >= 15 is 0 Å². The Bertz CT molecular complexity index is 1650. The van der Waals surface area contributed by atoms with Crippen molar-refractivity contribution in [3.05, 3.63) is 111 Å². The van der Waals surface area contributed by atoms with E-state index in [1.807, 2.05) is 62.4 Å². The van der Waals surface area contributed by atoms with Gasteiger partial charge in [-0.05, 0) is 66.4 Å². The maximum absolute atomic E-state index is 13.9. The zero-order valence-corrected chi connectivity index (χ0v) is 27.5. The molecule has 0 saturated heterocycles. The summed E-state index contributed by atoms with van der Waals surface area (Å²) in [6.45, 7) is 11.2. The summed E-state index contributed by atoms with van der Waals surface area (Å²) >= 11 is 1.38. The van der Waals surface area contributed by atoms with E-state index in [2.05, 4.69) is 28.8 Å². The van der Waals surface area contributed by atoms with Crippen LogP contribution in [0.4, 0.5) is 13.2 Å². The van der Waals surface area contributed by atoms with Gasteiger partial charge in [0, 0.05) is 25.4 Å². The topological polar surface area (TPSA) is 71.3 Å². The Kier molecular flexibility index (Phi) is 12.2. The smallest absolute Gasteiger partial charge is 0.335 e. The third kappa shape index (κ3) is 9.29. The van der Waals surface area contributed by atoms with Crippen LogP contribution >= 0.6 is 11.8 Å². The fourth-order valence-electron chi connectivity index (χ4n) is 4.98. The summed E-state index contributed by atoms with van der Waals surface area (Å²) < 4.78 is 40.5. The monoisotopic (exact) mass is 651 g/mol. The zero-order valence-electron chi connectivity index (χ0n) is 26.7. The van der Waals surface area contributed by atoms with E-state index in [0.717, 1.165) is 47.5 Å². The van der Waals surface area contributed by atoms with Crippen molar-refractivity contribution in [2.75, 3.05) is 26.2 Å². The Morgan fingerprint density at radius 2 is 1.52 bits per heavy atom. The first-order valence-electron chi connectivity index (χ1n) is 15.4. The Morgan fingerprint density at radius 1 is 0.891 bits per heavy atom. The van der Waals surface area contributed by atoms with Gasteiger partial charge in [-0.1, -0.05) is 93.2 Å². The van der Waals surface area contributed by atoms with E-state index in [0.29, 0.717) is 48.2 Å². The molecule has 46 heavy (non-hydrogen) atoms. The molecule has 0 aliphatic heterocycles. The van der Waals surface area contributed by atoms with Crippen molar-refractivity contribution in [2.24, 2.45) is 0 Å². The molecule has 0 spiro atoms. The largest absolute Gasteiger partial charge is 0.416 e. The number of aryl methyl sites for hydroxylation is 2. The number of alkyl halides is 3. The van der Waals surface area contributed by atoms with Gasteiger partial charge in [-0.25, -0.2) is 4.68 Å². The summed E-state index contributed by atoms with van der Waals surface area (Å²) in [5, 5.41) is 4.93. The van der Waals surface area contributed by atoms with Gasteiger partial charge in [0.05, 0.1) is 5.56 Å². The van der Waals surface area contributed by atoms with Gasteiger partial charge in [-0.15, -0.1) is 0 Å². The van der Waals surface area contributed by atoms with Crippen LogP contribution in [0.15, 0.2) is 82.7 Å². The highest BCUT2D eigenvalue weighted by Gasteiger charge is 2.30. The SMILES string of the molecule is CCc1nn(CC(=O)N(CCN(CC)CC)Cc2ccc(-c3ccc(C(F)(F)F)cc3)cc2)c(SCc2ccccc2C)nc1=O. The molecule has 3 aromatic carbocycles. The molecule has 7 nitrogen and oxygen atoms in total. The van der Waals surface area contributed by atoms with Crippen molar-refractivity contribution in [1.82, 2.24) is 24.6 Å². The van der Waals surface area contributed by atoms with Crippen LogP contribution in [0, 0.1) is 6.92 Å². The number of halogens is 3. The molecule has 0 aliphatic rings. The predicted molar refractivity (Wildman–Crippen MR) is 176 cm³/mol. The van der Waals surface area contributed by atoms with Gasteiger partial charge in [0.2, 0.25) is 5.91 Å². The molecule has 244 valence electrons. The highest BCUT2D eigenvalue weighted by molar-refractivity contribution is 7.98. The molecular weight excluding hydrogens is 611 g/mol. The quantitative estimate of drug-likeness (QED) is 0.139. The van der Waals surface area contributed by atoms with Crippen molar-refractivity contribution >= 4 is 17.7 Å². The minimum atomic E-state index is -4.39. The minimum absolute atomic E-state index is 0.0712. The van der Waals surface area contributed by atoms with E-state index in [9.17, 15) is 22.8 Å². The lowest BCUT2D eigenvalue weighted by Crippen LogP contribution is -2.40. The first-order valence-corrected chi connectivity index (χ1v) is 16.4. The molecule has 1 amide bonds. The number of carbonyl (C=O) groups is 1. The molecule has 0 bridgehead atoms. The number of thioether (sulfide) groups is 1. The van der Waals surface area contributed by atoms with Crippen LogP contribution in [0.2, 0.25) is 0 Å². The molecule has 11 heteroatoms. The van der Waals surface area contributed by atoms with Gasteiger partial charge >= 0.3 is 6.18 Å². The maximum Gasteiger partial charge on any atom is 0.416 e. The zero-order chi connectivity index (χ0) is 33.3. The lowest BCUT2D eigenvalue weighted by Gasteiger charge is -2.27. The average molecular weight is 652 g/mol. The fraction of sp³-hybridized carbons (Fsp3) is 0.371. The molecule has 0 radical (unpaired) electrons. The van der Waals surface area contributed by atoms with E-state index in [4.69, 9.17) is 0 Å². The molecule has 0 aliphatic carbocycles. The molecule has 1 aromatic heterocycles. The molecule has 4 aromatic rings. The summed E-state index contributed by atoms with van der Waals surface area (Å²) in [6.07, 6.45) is -3.98. The molecule has 0 fully saturated rings. The standard InChI is InChI=1S/C35H40F3N5O2S/c1-5-31-33(45)39-34(46-24-29-11-9-8-10-25(29)4)43(40-31)23-32(44)42(21-20-41(6-2)7-3)22-26-12-14-27(15-13-26)28-16-18-30(19-17-28)35(36,37)38/h8-19H,5-7,20-24H2,1-4H3. The first-order chi connectivity index (χ1) is 22.0. The molecular formula is C35H40F3N5O2S. The fourth-order valence-corrected chi connectivity index (χ4v) is 5.99. The average Bonchev–Trinajstić information content (AvgIpc) is 3.05. The minimum Gasteiger partial charge on any atom is -0.335 e. The Labute approximate surface area is 272 Å². The van der Waals surface area contributed by atoms with Crippen LogP contribution in [0.3, 0.4) is 0 Å². The Hall–Kier alpha value is -3.96. The van der Waals surface area contributed by atoms with Crippen LogP contribution < -0.4 is 5.56 Å². The number of likely N-dealkylation sites (N-methyl/N-ethyl adjacent to an activating group) is 1. The summed E-state index contributed by atoms with van der Waals surface area (Å²) in [5.74, 6) is 0.425. The molecule has 0 saturated carbocycles. The van der Waals surface area contributed by atoms with Crippen LogP contribution in [0.1, 0.15) is 48.7 Å². The van der Waals surface area contributed by atoms with Gasteiger partial charge in [0.25, 0.3) is 5.56 Å². The lowest BCUT2D eigenvalue weighted by atomic mass is 10.0. The summed E-state index contributed by atoms with van der Waals surface area (Å²) in [6, 6.07) is 20.6. The van der Waals surface area contributed by atoms with Crippen molar-refractivity contribution < 1.29 is 18.0 Å². The van der Waals surface area contributed by atoms with Crippen LogP contribution in [0.25, 0.3) is 11.1 Å². The highest BCUT2D eigenvalue weighted by Crippen LogP contribution is 2.31. The van der Waals surface area contributed by atoms with Crippen LogP contribution in [-0.2, 0) is 36.2 Å². The van der Waals surface area contributed by atoms with Gasteiger partial charge in [0.1, 0.15) is 12.2 Å². The molecule has 0 unspecified atom stereocenters. The maximum atomic E-state index is 13.9. The molecule has 0 atom stereocenters. The third-order valence-electron chi connectivity index (χ3n) is 7.95. The van der Waals surface area contributed by atoms with E-state index in [1.165, 1.54) is 23.9 Å². The highest BCUT2D eigenvalue weighted by atomic mass is 32.2. The number of nitrogens with zero attached hydrogens (tertiary/aromatic N) is 5. The van der Waals surface area contributed by atoms with Crippen molar-refractivity contribution in [3.8, 4) is 11.1 Å².